The Labute approximate surface area is 95.4 Å². The third-order valence-corrected chi connectivity index (χ3v) is 3.49. The summed E-state index contributed by atoms with van der Waals surface area (Å²) in [5.74, 6) is 0.175. The van der Waals surface area contributed by atoms with Crippen molar-refractivity contribution in [3.63, 3.8) is 0 Å². The Morgan fingerprint density at radius 3 is 2.88 bits per heavy atom. The second kappa shape index (κ2) is 3.48. The molecule has 3 rings (SSSR count). The predicted molar refractivity (Wildman–Crippen MR) is 63.8 cm³/mol. The number of benzene rings is 1. The van der Waals surface area contributed by atoms with Gasteiger partial charge in [-0.25, -0.2) is 0 Å². The Kier molecular flexibility index (Phi) is 2.10. The Morgan fingerprint density at radius 1 is 1.12 bits per heavy atom. The topological polar surface area (TPSA) is 29.1 Å². The molecule has 0 bridgehead atoms. The zero-order valence-corrected chi connectivity index (χ0v) is 9.47. The maximum absolute atomic E-state index is 11.3. The first-order valence-electron chi connectivity index (χ1n) is 5.86. The Bertz CT molecular complexity index is 499. The van der Waals surface area contributed by atoms with Crippen LogP contribution in [0.25, 0.3) is 5.57 Å². The van der Waals surface area contributed by atoms with Gasteiger partial charge < -0.3 is 5.32 Å². The second-order valence-corrected chi connectivity index (χ2v) is 4.67. The van der Waals surface area contributed by atoms with Gasteiger partial charge in [-0.2, -0.15) is 0 Å². The normalized spacial score (nSPS) is 18.9. The minimum absolute atomic E-state index is 0.175. The van der Waals surface area contributed by atoms with Gasteiger partial charge in [0, 0.05) is 12.1 Å². The number of carbonyl (C=O) groups is 1. The van der Waals surface area contributed by atoms with E-state index >= 15 is 0 Å². The van der Waals surface area contributed by atoms with E-state index in [-0.39, 0.29) is 5.91 Å². The van der Waals surface area contributed by atoms with Gasteiger partial charge in [-0.05, 0) is 42.9 Å². The SMILES string of the molecule is Cc1ccc2c(c1)CCC1=C2CCC(=O)N1. The van der Waals surface area contributed by atoms with Crippen molar-refractivity contribution >= 4 is 11.5 Å². The van der Waals surface area contributed by atoms with Gasteiger partial charge in [0.05, 0.1) is 0 Å². The molecule has 2 heteroatoms. The lowest BCUT2D eigenvalue weighted by molar-refractivity contribution is -0.120. The first kappa shape index (κ1) is 9.64. The number of allylic oxidation sites excluding steroid dienone is 2. The quantitative estimate of drug-likeness (QED) is 0.705. The van der Waals surface area contributed by atoms with Crippen molar-refractivity contribution < 1.29 is 4.79 Å². The molecule has 0 fully saturated rings. The molecule has 1 aliphatic carbocycles. The summed E-state index contributed by atoms with van der Waals surface area (Å²) in [4.78, 5) is 11.3. The van der Waals surface area contributed by atoms with Gasteiger partial charge in [-0.3, -0.25) is 4.79 Å². The molecule has 0 aromatic heterocycles. The fraction of sp³-hybridized carbons (Fsp3) is 0.357. The first-order valence-corrected chi connectivity index (χ1v) is 5.86. The summed E-state index contributed by atoms with van der Waals surface area (Å²) in [5, 5.41) is 3.01. The molecule has 2 nitrogen and oxygen atoms in total. The highest BCUT2D eigenvalue weighted by Gasteiger charge is 2.24. The molecule has 0 saturated heterocycles. The van der Waals surface area contributed by atoms with Crippen LogP contribution in [-0.4, -0.2) is 5.91 Å². The number of hydrogen-bond donors (Lipinski definition) is 1. The van der Waals surface area contributed by atoms with E-state index in [1.165, 1.54) is 22.3 Å². The summed E-state index contributed by atoms with van der Waals surface area (Å²) < 4.78 is 0. The molecule has 82 valence electrons. The summed E-state index contributed by atoms with van der Waals surface area (Å²) in [6, 6.07) is 6.64. The summed E-state index contributed by atoms with van der Waals surface area (Å²) >= 11 is 0. The highest BCUT2D eigenvalue weighted by atomic mass is 16.1. The summed E-state index contributed by atoms with van der Waals surface area (Å²) in [6.07, 6.45) is 3.57. The molecule has 1 aliphatic heterocycles. The molecular formula is C14H15NO. The maximum atomic E-state index is 11.3. The van der Waals surface area contributed by atoms with Crippen LogP contribution in [0.3, 0.4) is 0 Å². The molecular weight excluding hydrogens is 198 g/mol. The Morgan fingerprint density at radius 2 is 2.00 bits per heavy atom. The van der Waals surface area contributed by atoms with Crippen molar-refractivity contribution in [1.29, 1.82) is 0 Å². The summed E-state index contributed by atoms with van der Waals surface area (Å²) in [6.45, 7) is 2.13. The monoisotopic (exact) mass is 213 g/mol. The molecule has 2 aliphatic rings. The van der Waals surface area contributed by atoms with Crippen molar-refractivity contribution in [3.8, 4) is 0 Å². The predicted octanol–water partition coefficient (Wildman–Crippen LogP) is 2.56. The molecule has 0 atom stereocenters. The first-order chi connectivity index (χ1) is 7.74. The molecule has 1 amide bonds. The molecule has 1 aromatic rings. The molecule has 0 radical (unpaired) electrons. The molecule has 16 heavy (non-hydrogen) atoms. The lowest BCUT2D eigenvalue weighted by atomic mass is 9.84. The molecule has 1 aromatic carbocycles. The number of amides is 1. The number of rotatable bonds is 0. The van der Waals surface area contributed by atoms with Crippen LogP contribution in [0.1, 0.15) is 36.0 Å². The van der Waals surface area contributed by atoms with Gasteiger partial charge in [0.2, 0.25) is 5.91 Å². The van der Waals surface area contributed by atoms with Crippen molar-refractivity contribution in [1.82, 2.24) is 5.32 Å². The number of nitrogens with one attached hydrogen (secondary N) is 1. The molecule has 0 spiro atoms. The van der Waals surface area contributed by atoms with E-state index in [9.17, 15) is 4.79 Å². The molecule has 1 heterocycles. The summed E-state index contributed by atoms with van der Waals surface area (Å²) in [5.41, 5.74) is 6.64. The zero-order valence-electron chi connectivity index (χ0n) is 9.47. The number of hydrogen-bond acceptors (Lipinski definition) is 1. The van der Waals surface area contributed by atoms with Gasteiger partial charge in [0.1, 0.15) is 0 Å². The van der Waals surface area contributed by atoms with E-state index in [0.29, 0.717) is 6.42 Å². The highest BCUT2D eigenvalue weighted by Crippen LogP contribution is 2.35. The van der Waals surface area contributed by atoms with Crippen LogP contribution in [0.2, 0.25) is 0 Å². The third kappa shape index (κ3) is 1.45. The number of fused-ring (bicyclic) bond motifs is 2. The maximum Gasteiger partial charge on any atom is 0.224 e. The van der Waals surface area contributed by atoms with Crippen molar-refractivity contribution in [2.45, 2.75) is 32.6 Å². The van der Waals surface area contributed by atoms with E-state index in [4.69, 9.17) is 0 Å². The molecule has 1 N–H and O–H groups in total. The molecule has 0 unspecified atom stereocenters. The van der Waals surface area contributed by atoms with Crippen molar-refractivity contribution in [3.05, 3.63) is 40.6 Å². The van der Waals surface area contributed by atoms with Gasteiger partial charge in [-0.15, -0.1) is 0 Å². The smallest absolute Gasteiger partial charge is 0.224 e. The van der Waals surface area contributed by atoms with Crippen molar-refractivity contribution in [2.24, 2.45) is 0 Å². The van der Waals surface area contributed by atoms with Crippen molar-refractivity contribution in [2.75, 3.05) is 0 Å². The van der Waals surface area contributed by atoms with Crippen LogP contribution in [0.15, 0.2) is 23.9 Å². The van der Waals surface area contributed by atoms with E-state index < -0.39 is 0 Å². The average Bonchev–Trinajstić information content (AvgIpc) is 2.28. The largest absolute Gasteiger partial charge is 0.329 e. The standard InChI is InChI=1S/C14H15NO/c1-9-2-4-11-10(8-9)3-6-13-12(11)5-7-14(16)15-13/h2,4,8H,3,5-7H2,1H3,(H,15,16). The van der Waals surface area contributed by atoms with Crippen LogP contribution in [0.4, 0.5) is 0 Å². The van der Waals surface area contributed by atoms with Gasteiger partial charge >= 0.3 is 0 Å². The number of aryl methyl sites for hydroxylation is 2. The van der Waals surface area contributed by atoms with Gasteiger partial charge in [-0.1, -0.05) is 23.8 Å². The fourth-order valence-corrected chi connectivity index (χ4v) is 2.69. The fourth-order valence-electron chi connectivity index (χ4n) is 2.69. The minimum Gasteiger partial charge on any atom is -0.329 e. The van der Waals surface area contributed by atoms with E-state index in [2.05, 4.69) is 30.4 Å². The van der Waals surface area contributed by atoms with E-state index in [0.717, 1.165) is 25.0 Å². The highest BCUT2D eigenvalue weighted by molar-refractivity contribution is 5.87. The van der Waals surface area contributed by atoms with E-state index in [1.54, 1.807) is 0 Å². The summed E-state index contributed by atoms with van der Waals surface area (Å²) in [7, 11) is 0. The lowest BCUT2D eigenvalue weighted by Gasteiger charge is -2.27. The second-order valence-electron chi connectivity index (χ2n) is 4.67. The third-order valence-electron chi connectivity index (χ3n) is 3.49. The Hall–Kier alpha value is -1.57. The van der Waals surface area contributed by atoms with E-state index in [1.807, 2.05) is 0 Å². The minimum atomic E-state index is 0.175. The number of carbonyl (C=O) groups excluding carboxylic acids is 1. The molecule has 0 saturated carbocycles. The van der Waals surface area contributed by atoms with Crippen LogP contribution in [0, 0.1) is 6.92 Å². The van der Waals surface area contributed by atoms with Gasteiger partial charge in [0.15, 0.2) is 0 Å². The lowest BCUT2D eigenvalue weighted by Crippen LogP contribution is -2.29. The zero-order chi connectivity index (χ0) is 11.1. The van der Waals surface area contributed by atoms with Crippen LogP contribution < -0.4 is 5.32 Å². The van der Waals surface area contributed by atoms with Crippen LogP contribution in [0.5, 0.6) is 0 Å². The Balaban J connectivity index is 2.10. The van der Waals surface area contributed by atoms with Crippen LogP contribution >= 0.6 is 0 Å². The van der Waals surface area contributed by atoms with Gasteiger partial charge in [0.25, 0.3) is 0 Å². The van der Waals surface area contributed by atoms with Crippen LogP contribution in [-0.2, 0) is 11.2 Å². The average molecular weight is 213 g/mol.